The summed E-state index contributed by atoms with van der Waals surface area (Å²) in [5.74, 6) is 0.451. The van der Waals surface area contributed by atoms with Crippen LogP contribution in [0.2, 0.25) is 0 Å². The number of benzene rings is 1. The van der Waals surface area contributed by atoms with Crippen LogP contribution in [0.4, 0.5) is 5.69 Å². The van der Waals surface area contributed by atoms with E-state index >= 15 is 0 Å². The summed E-state index contributed by atoms with van der Waals surface area (Å²) in [5.41, 5.74) is 6.71. The summed E-state index contributed by atoms with van der Waals surface area (Å²) < 4.78 is 26.5. The van der Waals surface area contributed by atoms with Crippen LogP contribution in [0, 0.1) is 6.92 Å². The summed E-state index contributed by atoms with van der Waals surface area (Å²) in [6.07, 6.45) is 1.32. The van der Waals surface area contributed by atoms with Crippen LogP contribution in [-0.2, 0) is 16.6 Å². The fraction of sp³-hybridized carbons (Fsp3) is 0.200. The molecule has 0 aliphatic heterocycles. The lowest BCUT2D eigenvalue weighted by Crippen LogP contribution is -2.24. The highest BCUT2D eigenvalue weighted by Crippen LogP contribution is 2.17. The average Bonchev–Trinajstić information content (AvgIpc) is 2.78. The van der Waals surface area contributed by atoms with Gasteiger partial charge in [-0.25, -0.2) is 18.1 Å². The Kier molecular flexibility index (Phi) is 3.30. The minimum Gasteiger partial charge on any atom is -0.399 e. The van der Waals surface area contributed by atoms with Gasteiger partial charge in [-0.2, -0.15) is 5.10 Å². The number of H-pyrrole nitrogens is 1. The number of rotatable bonds is 4. The Morgan fingerprint density at radius 3 is 2.83 bits per heavy atom. The lowest BCUT2D eigenvalue weighted by atomic mass is 10.2. The molecule has 0 aliphatic rings. The predicted octanol–water partition coefficient (Wildman–Crippen LogP) is 0.174. The van der Waals surface area contributed by atoms with Crippen molar-refractivity contribution < 1.29 is 8.42 Å². The highest BCUT2D eigenvalue weighted by molar-refractivity contribution is 7.89. The molecule has 1 aromatic carbocycles. The Morgan fingerprint density at radius 2 is 2.22 bits per heavy atom. The van der Waals surface area contributed by atoms with Crippen molar-refractivity contribution in [2.45, 2.75) is 18.4 Å². The lowest BCUT2D eigenvalue weighted by molar-refractivity contribution is 0.579. The highest BCUT2D eigenvalue weighted by atomic mass is 32.2. The van der Waals surface area contributed by atoms with Crippen LogP contribution in [0.5, 0.6) is 0 Å². The molecule has 7 nitrogen and oxygen atoms in total. The summed E-state index contributed by atoms with van der Waals surface area (Å²) in [4.78, 5) is 4.04. The van der Waals surface area contributed by atoms with Crippen molar-refractivity contribution >= 4 is 15.7 Å². The topological polar surface area (TPSA) is 114 Å². The number of hydrogen-bond donors (Lipinski definition) is 3. The lowest BCUT2D eigenvalue weighted by Gasteiger charge is -2.08. The molecule has 96 valence electrons. The number of nitrogens with one attached hydrogen (secondary N) is 2. The summed E-state index contributed by atoms with van der Waals surface area (Å²) in [5, 5.41) is 6.21. The van der Waals surface area contributed by atoms with Gasteiger partial charge in [-0.15, -0.1) is 0 Å². The summed E-state index contributed by atoms with van der Waals surface area (Å²) >= 11 is 0. The SMILES string of the molecule is Cc1cc(N)ccc1S(=O)(=O)NCc1ncn[nH]1. The van der Waals surface area contributed by atoms with Crippen molar-refractivity contribution in [2.24, 2.45) is 0 Å². The third kappa shape index (κ3) is 2.66. The number of anilines is 1. The zero-order valence-corrected chi connectivity index (χ0v) is 10.5. The number of nitrogens with two attached hydrogens (primary N) is 1. The van der Waals surface area contributed by atoms with Crippen LogP contribution in [-0.4, -0.2) is 23.6 Å². The van der Waals surface area contributed by atoms with Crippen LogP contribution < -0.4 is 10.5 Å². The van der Waals surface area contributed by atoms with E-state index in [1.54, 1.807) is 19.1 Å². The van der Waals surface area contributed by atoms with E-state index < -0.39 is 10.0 Å². The predicted molar refractivity (Wildman–Crippen MR) is 66.0 cm³/mol. The van der Waals surface area contributed by atoms with Crippen LogP contribution in [0.3, 0.4) is 0 Å². The van der Waals surface area contributed by atoms with Crippen molar-refractivity contribution in [3.05, 3.63) is 35.9 Å². The number of nitrogen functional groups attached to an aromatic ring is 1. The normalized spacial score (nSPS) is 11.6. The molecule has 0 bridgehead atoms. The molecule has 2 rings (SSSR count). The first-order chi connectivity index (χ1) is 8.49. The minimum atomic E-state index is -3.58. The van der Waals surface area contributed by atoms with Gasteiger partial charge in [-0.1, -0.05) is 0 Å². The van der Waals surface area contributed by atoms with E-state index in [-0.39, 0.29) is 11.4 Å². The van der Waals surface area contributed by atoms with Gasteiger partial charge in [0.05, 0.1) is 11.4 Å². The molecular weight excluding hydrogens is 254 g/mol. The Bertz CT molecular complexity index is 636. The second-order valence-electron chi connectivity index (χ2n) is 3.78. The molecule has 0 spiro atoms. The maximum Gasteiger partial charge on any atom is 0.241 e. The molecule has 0 saturated heterocycles. The highest BCUT2D eigenvalue weighted by Gasteiger charge is 2.16. The molecule has 2 aromatic rings. The fourth-order valence-corrected chi connectivity index (χ4v) is 2.74. The molecule has 0 fully saturated rings. The molecule has 8 heteroatoms. The summed E-state index contributed by atoms with van der Waals surface area (Å²) in [6.45, 7) is 1.76. The number of aromatic amines is 1. The Hall–Kier alpha value is -1.93. The Balaban J connectivity index is 2.20. The van der Waals surface area contributed by atoms with Gasteiger partial charge in [-0.05, 0) is 30.7 Å². The molecule has 1 heterocycles. The summed E-state index contributed by atoms with van der Waals surface area (Å²) in [7, 11) is -3.58. The van der Waals surface area contributed by atoms with Crippen molar-refractivity contribution in [3.63, 3.8) is 0 Å². The molecule has 0 amide bonds. The minimum absolute atomic E-state index is 0.0617. The summed E-state index contributed by atoms with van der Waals surface area (Å²) in [6, 6.07) is 4.65. The average molecular weight is 267 g/mol. The number of hydrogen-bond acceptors (Lipinski definition) is 5. The second-order valence-corrected chi connectivity index (χ2v) is 5.52. The van der Waals surface area contributed by atoms with Gasteiger partial charge in [0, 0.05) is 5.69 Å². The molecule has 1 aromatic heterocycles. The second kappa shape index (κ2) is 4.75. The zero-order chi connectivity index (χ0) is 13.2. The zero-order valence-electron chi connectivity index (χ0n) is 9.71. The molecule has 0 saturated carbocycles. The fourth-order valence-electron chi connectivity index (χ4n) is 1.53. The van der Waals surface area contributed by atoms with E-state index in [9.17, 15) is 8.42 Å². The largest absolute Gasteiger partial charge is 0.399 e. The van der Waals surface area contributed by atoms with Gasteiger partial charge in [0.25, 0.3) is 0 Å². The molecule has 0 atom stereocenters. The maximum atomic E-state index is 12.0. The van der Waals surface area contributed by atoms with Crippen molar-refractivity contribution in [2.75, 3.05) is 5.73 Å². The Labute approximate surface area is 104 Å². The van der Waals surface area contributed by atoms with Gasteiger partial charge in [0.1, 0.15) is 12.2 Å². The van der Waals surface area contributed by atoms with Crippen LogP contribution in [0.25, 0.3) is 0 Å². The molecule has 0 radical (unpaired) electrons. The number of sulfonamides is 1. The van der Waals surface area contributed by atoms with Crippen LogP contribution in [0.15, 0.2) is 29.4 Å². The molecule has 0 unspecified atom stereocenters. The first-order valence-electron chi connectivity index (χ1n) is 5.19. The van der Waals surface area contributed by atoms with E-state index in [0.29, 0.717) is 17.1 Å². The van der Waals surface area contributed by atoms with Crippen LogP contribution >= 0.6 is 0 Å². The third-order valence-corrected chi connectivity index (χ3v) is 3.94. The monoisotopic (exact) mass is 267 g/mol. The number of aromatic nitrogens is 3. The number of nitrogens with zero attached hydrogens (tertiary/aromatic N) is 2. The Morgan fingerprint density at radius 1 is 1.44 bits per heavy atom. The smallest absolute Gasteiger partial charge is 0.241 e. The van der Waals surface area contributed by atoms with Crippen molar-refractivity contribution in [1.29, 1.82) is 0 Å². The van der Waals surface area contributed by atoms with Gasteiger partial charge >= 0.3 is 0 Å². The third-order valence-electron chi connectivity index (χ3n) is 2.38. The quantitative estimate of drug-likeness (QED) is 0.683. The van der Waals surface area contributed by atoms with E-state index in [1.807, 2.05) is 0 Å². The van der Waals surface area contributed by atoms with E-state index in [2.05, 4.69) is 19.9 Å². The van der Waals surface area contributed by atoms with Crippen LogP contribution in [0.1, 0.15) is 11.4 Å². The first-order valence-corrected chi connectivity index (χ1v) is 6.67. The van der Waals surface area contributed by atoms with Crippen molar-refractivity contribution in [1.82, 2.24) is 19.9 Å². The molecule has 18 heavy (non-hydrogen) atoms. The molecule has 4 N–H and O–H groups in total. The molecule has 0 aliphatic carbocycles. The van der Waals surface area contributed by atoms with E-state index in [4.69, 9.17) is 5.73 Å². The van der Waals surface area contributed by atoms with Gasteiger partial charge in [0.2, 0.25) is 10.0 Å². The van der Waals surface area contributed by atoms with E-state index in [0.717, 1.165) is 0 Å². The maximum absolute atomic E-state index is 12.0. The first kappa shape index (κ1) is 12.5. The van der Waals surface area contributed by atoms with E-state index in [1.165, 1.54) is 12.4 Å². The van der Waals surface area contributed by atoms with Gasteiger partial charge in [-0.3, -0.25) is 5.10 Å². The van der Waals surface area contributed by atoms with Gasteiger partial charge in [0.15, 0.2) is 0 Å². The van der Waals surface area contributed by atoms with Gasteiger partial charge < -0.3 is 5.73 Å². The standard InChI is InChI=1S/C10H13N5O2S/c1-7-4-8(11)2-3-9(7)18(16,17)14-5-10-12-6-13-15-10/h2-4,6,14H,5,11H2,1H3,(H,12,13,15). The van der Waals surface area contributed by atoms with Crippen molar-refractivity contribution in [3.8, 4) is 0 Å². The molecular formula is C10H13N5O2S. The number of aryl methyl sites for hydroxylation is 1.